The van der Waals surface area contributed by atoms with Crippen molar-refractivity contribution in [2.75, 3.05) is 19.6 Å². The van der Waals surface area contributed by atoms with Crippen LogP contribution in [0.15, 0.2) is 59.5 Å². The minimum absolute atomic E-state index is 0.0964. The monoisotopic (exact) mass is 372 g/mol. The van der Waals surface area contributed by atoms with Crippen LogP contribution in [0.2, 0.25) is 0 Å². The molecule has 0 atom stereocenters. The molecule has 1 aliphatic rings. The van der Waals surface area contributed by atoms with Crippen molar-refractivity contribution in [2.45, 2.75) is 30.6 Å². The number of nitrogens with zero attached hydrogens (tertiary/aromatic N) is 1. The normalized spacial score (nSPS) is 15.5. The molecule has 2 aromatic rings. The molecule has 6 heteroatoms. The minimum atomic E-state index is -3.64. The zero-order valence-electron chi connectivity index (χ0n) is 14.7. The van der Waals surface area contributed by atoms with Gasteiger partial charge in [0, 0.05) is 19.6 Å². The summed E-state index contributed by atoms with van der Waals surface area (Å²) in [7, 11) is -3.64. The molecular formula is C20H24N2O3S. The lowest BCUT2D eigenvalue weighted by molar-refractivity contribution is 0.0950. The Labute approximate surface area is 155 Å². The van der Waals surface area contributed by atoms with Crippen LogP contribution in [0, 0.1) is 0 Å². The predicted octanol–water partition coefficient (Wildman–Crippen LogP) is 2.83. The molecule has 0 bridgehead atoms. The number of piperidine rings is 1. The number of rotatable bonds is 6. The molecule has 0 saturated carbocycles. The van der Waals surface area contributed by atoms with Crippen molar-refractivity contribution in [2.24, 2.45) is 0 Å². The number of amides is 1. The van der Waals surface area contributed by atoms with E-state index in [1.165, 1.54) is 10.4 Å². The molecule has 5 nitrogen and oxygen atoms in total. The highest BCUT2D eigenvalue weighted by atomic mass is 32.2. The van der Waals surface area contributed by atoms with Gasteiger partial charge in [0.1, 0.15) is 0 Å². The summed E-state index contributed by atoms with van der Waals surface area (Å²) >= 11 is 0. The number of hydrogen-bond acceptors (Lipinski definition) is 3. The van der Waals surface area contributed by atoms with Crippen molar-refractivity contribution in [3.8, 4) is 0 Å². The van der Waals surface area contributed by atoms with Crippen LogP contribution in [0.5, 0.6) is 0 Å². The fourth-order valence-electron chi connectivity index (χ4n) is 3.18. The first-order valence-electron chi connectivity index (χ1n) is 9.00. The summed E-state index contributed by atoms with van der Waals surface area (Å²) in [6, 6.07) is 16.3. The third kappa shape index (κ3) is 4.31. The van der Waals surface area contributed by atoms with Crippen molar-refractivity contribution in [1.29, 1.82) is 0 Å². The lowest BCUT2D eigenvalue weighted by Gasteiger charge is -2.26. The molecule has 1 fully saturated rings. The first-order valence-corrected chi connectivity index (χ1v) is 10.4. The van der Waals surface area contributed by atoms with E-state index in [1.54, 1.807) is 18.2 Å². The van der Waals surface area contributed by atoms with E-state index in [0.717, 1.165) is 24.8 Å². The molecule has 3 rings (SSSR count). The van der Waals surface area contributed by atoms with E-state index in [9.17, 15) is 13.2 Å². The van der Waals surface area contributed by atoms with Gasteiger partial charge in [-0.3, -0.25) is 4.79 Å². The van der Waals surface area contributed by atoms with Crippen LogP contribution in [0.3, 0.4) is 0 Å². The van der Waals surface area contributed by atoms with Crippen LogP contribution < -0.4 is 5.32 Å². The van der Waals surface area contributed by atoms with Crippen molar-refractivity contribution < 1.29 is 13.2 Å². The van der Waals surface area contributed by atoms with Crippen molar-refractivity contribution in [3.05, 3.63) is 65.7 Å². The second kappa shape index (κ2) is 8.47. The van der Waals surface area contributed by atoms with Gasteiger partial charge in [-0.1, -0.05) is 48.9 Å². The zero-order valence-corrected chi connectivity index (χ0v) is 15.5. The average molecular weight is 372 g/mol. The van der Waals surface area contributed by atoms with Crippen LogP contribution >= 0.6 is 0 Å². The standard InChI is InChI=1S/C20H24N2O3S/c23-20(21-14-13-17-9-3-1-4-10-17)18-11-5-6-12-19(18)26(24,25)22-15-7-2-8-16-22/h1,3-6,9-12H,2,7-8,13-16H2,(H,21,23). The maximum Gasteiger partial charge on any atom is 0.252 e. The molecule has 0 aromatic heterocycles. The molecule has 138 valence electrons. The molecule has 1 heterocycles. The molecule has 0 aliphatic carbocycles. The Hall–Kier alpha value is -2.18. The SMILES string of the molecule is O=C(NCCc1ccccc1)c1ccccc1S(=O)(=O)N1CCCCC1. The molecular weight excluding hydrogens is 348 g/mol. The molecule has 1 saturated heterocycles. The van der Waals surface area contributed by atoms with E-state index < -0.39 is 10.0 Å². The fourth-order valence-corrected chi connectivity index (χ4v) is 4.89. The highest BCUT2D eigenvalue weighted by Gasteiger charge is 2.29. The van der Waals surface area contributed by atoms with E-state index >= 15 is 0 Å². The van der Waals surface area contributed by atoms with Crippen LogP contribution in [0.4, 0.5) is 0 Å². The number of sulfonamides is 1. The first-order chi connectivity index (χ1) is 12.6. The van der Waals surface area contributed by atoms with E-state index in [4.69, 9.17) is 0 Å². The topological polar surface area (TPSA) is 66.5 Å². The summed E-state index contributed by atoms with van der Waals surface area (Å²) < 4.78 is 27.4. The van der Waals surface area contributed by atoms with Gasteiger partial charge in [-0.05, 0) is 37.0 Å². The van der Waals surface area contributed by atoms with Gasteiger partial charge >= 0.3 is 0 Å². The Morgan fingerprint density at radius 2 is 1.58 bits per heavy atom. The highest BCUT2D eigenvalue weighted by molar-refractivity contribution is 7.89. The largest absolute Gasteiger partial charge is 0.352 e. The van der Waals surface area contributed by atoms with Crippen LogP contribution in [0.25, 0.3) is 0 Å². The Morgan fingerprint density at radius 1 is 0.923 bits per heavy atom. The molecule has 1 N–H and O–H groups in total. The molecule has 0 spiro atoms. The Balaban J connectivity index is 1.72. The van der Waals surface area contributed by atoms with Gasteiger partial charge in [0.25, 0.3) is 5.91 Å². The van der Waals surface area contributed by atoms with Crippen molar-refractivity contribution in [1.82, 2.24) is 9.62 Å². The fraction of sp³-hybridized carbons (Fsp3) is 0.350. The molecule has 2 aromatic carbocycles. The van der Waals surface area contributed by atoms with Gasteiger partial charge in [0.05, 0.1) is 10.5 Å². The molecule has 0 unspecified atom stereocenters. The van der Waals surface area contributed by atoms with E-state index in [1.807, 2.05) is 30.3 Å². The van der Waals surface area contributed by atoms with Gasteiger partial charge in [-0.25, -0.2) is 8.42 Å². The lowest BCUT2D eigenvalue weighted by Crippen LogP contribution is -2.37. The lowest BCUT2D eigenvalue weighted by atomic mass is 10.1. The Kier molecular flexibility index (Phi) is 6.06. The van der Waals surface area contributed by atoms with Gasteiger partial charge in [-0.2, -0.15) is 4.31 Å². The molecule has 1 amide bonds. The number of carbonyl (C=O) groups excluding carboxylic acids is 1. The van der Waals surface area contributed by atoms with Crippen LogP contribution in [0.1, 0.15) is 35.2 Å². The second-order valence-corrected chi connectivity index (χ2v) is 8.36. The highest BCUT2D eigenvalue weighted by Crippen LogP contribution is 2.23. The number of benzene rings is 2. The van der Waals surface area contributed by atoms with E-state index in [0.29, 0.717) is 26.1 Å². The van der Waals surface area contributed by atoms with Crippen molar-refractivity contribution >= 4 is 15.9 Å². The maximum absolute atomic E-state index is 13.0. The third-order valence-corrected chi connectivity index (χ3v) is 6.56. The number of carbonyl (C=O) groups is 1. The second-order valence-electron chi connectivity index (χ2n) is 6.45. The molecule has 0 radical (unpaired) electrons. The summed E-state index contributed by atoms with van der Waals surface area (Å²) in [6.07, 6.45) is 3.48. The summed E-state index contributed by atoms with van der Waals surface area (Å²) in [6.45, 7) is 1.50. The summed E-state index contributed by atoms with van der Waals surface area (Å²) in [4.78, 5) is 12.7. The quantitative estimate of drug-likeness (QED) is 0.848. The maximum atomic E-state index is 13.0. The van der Waals surface area contributed by atoms with Gasteiger partial charge in [0.15, 0.2) is 0 Å². The third-order valence-electron chi connectivity index (χ3n) is 4.61. The smallest absolute Gasteiger partial charge is 0.252 e. The molecule has 26 heavy (non-hydrogen) atoms. The number of nitrogens with one attached hydrogen (secondary N) is 1. The minimum Gasteiger partial charge on any atom is -0.352 e. The van der Waals surface area contributed by atoms with Crippen molar-refractivity contribution in [3.63, 3.8) is 0 Å². The Morgan fingerprint density at radius 3 is 2.31 bits per heavy atom. The van der Waals surface area contributed by atoms with E-state index in [-0.39, 0.29) is 16.4 Å². The first kappa shape index (κ1) is 18.6. The Bertz CT molecular complexity index is 844. The summed E-state index contributed by atoms with van der Waals surface area (Å²) in [5, 5.41) is 2.84. The molecule has 1 aliphatic heterocycles. The number of hydrogen-bond donors (Lipinski definition) is 1. The van der Waals surface area contributed by atoms with Crippen LogP contribution in [-0.4, -0.2) is 38.3 Å². The van der Waals surface area contributed by atoms with Gasteiger partial charge < -0.3 is 5.32 Å². The van der Waals surface area contributed by atoms with Gasteiger partial charge in [0.2, 0.25) is 10.0 Å². The average Bonchev–Trinajstić information content (AvgIpc) is 2.69. The van der Waals surface area contributed by atoms with E-state index in [2.05, 4.69) is 5.32 Å². The van der Waals surface area contributed by atoms with Crippen LogP contribution in [-0.2, 0) is 16.4 Å². The summed E-state index contributed by atoms with van der Waals surface area (Å²) in [5.74, 6) is -0.350. The summed E-state index contributed by atoms with van der Waals surface area (Å²) in [5.41, 5.74) is 1.34. The van der Waals surface area contributed by atoms with Gasteiger partial charge in [-0.15, -0.1) is 0 Å². The predicted molar refractivity (Wildman–Crippen MR) is 102 cm³/mol. The zero-order chi connectivity index (χ0) is 18.4.